The van der Waals surface area contributed by atoms with Crippen molar-refractivity contribution in [2.75, 3.05) is 0 Å². The van der Waals surface area contributed by atoms with Crippen LogP contribution in [0.4, 0.5) is 0 Å². The first-order valence-electron chi connectivity index (χ1n) is 6.51. The lowest BCUT2D eigenvalue weighted by Crippen LogP contribution is -2.01. The highest BCUT2D eigenvalue weighted by molar-refractivity contribution is 6.32. The summed E-state index contributed by atoms with van der Waals surface area (Å²) in [5, 5.41) is 0.553. The molecule has 0 bridgehead atoms. The number of carbonyl (C=O) groups excluding carboxylic acids is 1. The smallest absolute Gasteiger partial charge is 0.141 e. The van der Waals surface area contributed by atoms with E-state index in [4.69, 9.17) is 16.3 Å². The van der Waals surface area contributed by atoms with E-state index >= 15 is 0 Å². The minimum Gasteiger partial charge on any atom is -0.487 e. The fourth-order valence-electron chi connectivity index (χ4n) is 2.10. The number of benzene rings is 2. The zero-order chi connectivity index (χ0) is 14.5. The molecule has 0 unspecified atom stereocenters. The second kappa shape index (κ2) is 6.58. The molecule has 0 fully saturated rings. The normalized spacial score (nSPS) is 10.3. The molecule has 0 amide bonds. The maximum absolute atomic E-state index is 11.2. The van der Waals surface area contributed by atoms with Crippen molar-refractivity contribution in [2.24, 2.45) is 0 Å². The van der Waals surface area contributed by atoms with Crippen LogP contribution in [0.25, 0.3) is 0 Å². The Bertz CT molecular complexity index is 583. The molecule has 0 saturated carbocycles. The van der Waals surface area contributed by atoms with Gasteiger partial charge >= 0.3 is 0 Å². The Hall–Kier alpha value is -1.80. The van der Waals surface area contributed by atoms with Crippen molar-refractivity contribution in [3.63, 3.8) is 0 Å². The molecule has 2 aromatic rings. The summed E-state index contributed by atoms with van der Waals surface area (Å²) in [6.45, 7) is 3.99. The molecule has 0 saturated heterocycles. The summed E-state index contributed by atoms with van der Waals surface area (Å²) in [7, 11) is 0. The van der Waals surface area contributed by atoms with Crippen molar-refractivity contribution in [1.29, 1.82) is 0 Å². The molecule has 20 heavy (non-hydrogen) atoms. The van der Waals surface area contributed by atoms with Crippen LogP contribution in [0.3, 0.4) is 0 Å². The van der Waals surface area contributed by atoms with Gasteiger partial charge in [-0.3, -0.25) is 4.79 Å². The maximum Gasteiger partial charge on any atom is 0.141 e. The highest BCUT2D eigenvalue weighted by Gasteiger charge is 2.09. The summed E-state index contributed by atoms with van der Waals surface area (Å²) in [5.74, 6) is 0.807. The number of carbonyl (C=O) groups is 1. The first-order valence-corrected chi connectivity index (χ1v) is 6.89. The number of halogens is 1. The molecule has 2 nitrogen and oxygen atoms in total. The summed E-state index contributed by atoms with van der Waals surface area (Å²) >= 11 is 6.25. The highest BCUT2D eigenvalue weighted by atomic mass is 35.5. The Morgan fingerprint density at radius 3 is 2.45 bits per heavy atom. The Morgan fingerprint density at radius 2 is 1.85 bits per heavy atom. The highest BCUT2D eigenvalue weighted by Crippen LogP contribution is 2.31. The predicted octanol–water partition coefficient (Wildman–Crippen LogP) is 4.36. The van der Waals surface area contributed by atoms with E-state index in [1.807, 2.05) is 43.3 Å². The minimum absolute atomic E-state index is 0.124. The molecule has 3 heteroatoms. The summed E-state index contributed by atoms with van der Waals surface area (Å²) in [4.78, 5) is 11.2. The van der Waals surface area contributed by atoms with Crippen LogP contribution < -0.4 is 4.74 Å². The van der Waals surface area contributed by atoms with Crippen LogP contribution in [0, 0.1) is 6.92 Å². The number of rotatable bonds is 5. The van der Waals surface area contributed by atoms with Crippen LogP contribution in [-0.4, -0.2) is 5.78 Å². The Morgan fingerprint density at radius 1 is 1.15 bits per heavy atom. The summed E-state index contributed by atoms with van der Waals surface area (Å²) < 4.78 is 5.80. The molecule has 0 aliphatic rings. The maximum atomic E-state index is 11.2. The van der Waals surface area contributed by atoms with Crippen LogP contribution in [0.1, 0.15) is 23.6 Å². The molecule has 0 aromatic heterocycles. The second-order valence-corrected chi connectivity index (χ2v) is 5.28. The van der Waals surface area contributed by atoms with Crippen molar-refractivity contribution in [2.45, 2.75) is 26.9 Å². The molecule has 0 N–H and O–H groups in total. The largest absolute Gasteiger partial charge is 0.487 e. The number of hydrogen-bond donors (Lipinski definition) is 0. The fraction of sp³-hybridized carbons (Fsp3) is 0.235. The van der Waals surface area contributed by atoms with Crippen LogP contribution in [-0.2, 0) is 17.8 Å². The van der Waals surface area contributed by atoms with E-state index < -0.39 is 0 Å². The standard InChI is InChI=1S/C17H17ClO2/c1-12-8-15(9-13(2)19)10-16(18)17(12)20-11-14-6-4-3-5-7-14/h3-8,10H,9,11H2,1-2H3. The number of Topliss-reactive ketones (excluding diaryl/α,β-unsaturated/α-hetero) is 1. The van der Waals surface area contributed by atoms with E-state index in [0.29, 0.717) is 23.8 Å². The Labute approximate surface area is 124 Å². The van der Waals surface area contributed by atoms with Crippen molar-refractivity contribution < 1.29 is 9.53 Å². The average Bonchev–Trinajstić information content (AvgIpc) is 2.38. The van der Waals surface area contributed by atoms with Gasteiger partial charge in [0.1, 0.15) is 18.1 Å². The van der Waals surface area contributed by atoms with Gasteiger partial charge in [-0.25, -0.2) is 0 Å². The van der Waals surface area contributed by atoms with Gasteiger partial charge in [-0.1, -0.05) is 48.0 Å². The first kappa shape index (κ1) is 14.6. The number of aryl methyl sites for hydroxylation is 1. The van der Waals surface area contributed by atoms with Gasteiger partial charge in [0.05, 0.1) is 5.02 Å². The lowest BCUT2D eigenvalue weighted by Gasteiger charge is -2.12. The van der Waals surface area contributed by atoms with Crippen molar-refractivity contribution in [3.05, 3.63) is 64.2 Å². The van der Waals surface area contributed by atoms with E-state index in [1.165, 1.54) is 0 Å². The summed E-state index contributed by atoms with van der Waals surface area (Å²) in [5.41, 5.74) is 2.97. The minimum atomic E-state index is 0.124. The third-order valence-electron chi connectivity index (χ3n) is 2.97. The molecule has 0 atom stereocenters. The third kappa shape index (κ3) is 3.84. The van der Waals surface area contributed by atoms with Crippen LogP contribution >= 0.6 is 11.6 Å². The number of hydrogen-bond acceptors (Lipinski definition) is 2. The van der Waals surface area contributed by atoms with Gasteiger partial charge in [0.15, 0.2) is 0 Å². The first-order chi connectivity index (χ1) is 9.56. The molecular weight excluding hydrogens is 272 g/mol. The van der Waals surface area contributed by atoms with Gasteiger partial charge in [-0.2, -0.15) is 0 Å². The molecular formula is C17H17ClO2. The van der Waals surface area contributed by atoms with E-state index in [2.05, 4.69) is 0 Å². The molecule has 0 aliphatic carbocycles. The molecule has 104 valence electrons. The van der Waals surface area contributed by atoms with Gasteiger partial charge in [-0.05, 0) is 36.6 Å². The van der Waals surface area contributed by atoms with Gasteiger partial charge in [0.2, 0.25) is 0 Å². The van der Waals surface area contributed by atoms with E-state index in [0.717, 1.165) is 16.7 Å². The van der Waals surface area contributed by atoms with Crippen molar-refractivity contribution >= 4 is 17.4 Å². The SMILES string of the molecule is CC(=O)Cc1cc(C)c(OCc2ccccc2)c(Cl)c1. The van der Waals surface area contributed by atoms with Crippen LogP contribution in [0.15, 0.2) is 42.5 Å². The zero-order valence-corrected chi connectivity index (χ0v) is 12.4. The molecule has 2 aromatic carbocycles. The van der Waals surface area contributed by atoms with Gasteiger partial charge in [0.25, 0.3) is 0 Å². The van der Waals surface area contributed by atoms with Crippen LogP contribution in [0.5, 0.6) is 5.75 Å². The topological polar surface area (TPSA) is 26.3 Å². The molecule has 2 rings (SSSR count). The second-order valence-electron chi connectivity index (χ2n) is 4.88. The summed E-state index contributed by atoms with van der Waals surface area (Å²) in [6, 6.07) is 13.7. The Kier molecular flexibility index (Phi) is 4.80. The quantitative estimate of drug-likeness (QED) is 0.817. The van der Waals surface area contributed by atoms with Crippen LogP contribution in [0.2, 0.25) is 5.02 Å². The lowest BCUT2D eigenvalue weighted by atomic mass is 10.1. The van der Waals surface area contributed by atoms with Gasteiger partial charge in [-0.15, -0.1) is 0 Å². The Balaban J connectivity index is 2.14. The van der Waals surface area contributed by atoms with Crippen molar-refractivity contribution in [1.82, 2.24) is 0 Å². The molecule has 0 heterocycles. The summed E-state index contributed by atoms with van der Waals surface area (Å²) in [6.07, 6.45) is 0.402. The predicted molar refractivity (Wildman–Crippen MR) is 81.3 cm³/mol. The van der Waals surface area contributed by atoms with Gasteiger partial charge in [0, 0.05) is 6.42 Å². The molecule has 0 spiro atoms. The van der Waals surface area contributed by atoms with Crippen molar-refractivity contribution in [3.8, 4) is 5.75 Å². The molecule has 0 aliphatic heterocycles. The third-order valence-corrected chi connectivity index (χ3v) is 3.25. The van der Waals surface area contributed by atoms with E-state index in [9.17, 15) is 4.79 Å². The van der Waals surface area contributed by atoms with E-state index in [-0.39, 0.29) is 5.78 Å². The van der Waals surface area contributed by atoms with E-state index in [1.54, 1.807) is 13.0 Å². The fourth-order valence-corrected chi connectivity index (χ4v) is 2.45. The molecule has 0 radical (unpaired) electrons. The monoisotopic (exact) mass is 288 g/mol. The zero-order valence-electron chi connectivity index (χ0n) is 11.7. The lowest BCUT2D eigenvalue weighted by molar-refractivity contribution is -0.116. The number of ether oxygens (including phenoxy) is 1. The van der Waals surface area contributed by atoms with Gasteiger partial charge < -0.3 is 4.74 Å². The number of ketones is 1. The average molecular weight is 289 g/mol.